The monoisotopic (exact) mass is 402 g/mol. The van der Waals surface area contributed by atoms with Crippen molar-refractivity contribution in [2.45, 2.75) is 38.6 Å². The Labute approximate surface area is 179 Å². The molecule has 5 heteroatoms. The van der Waals surface area contributed by atoms with Crippen LogP contribution in [0, 0.1) is 0 Å². The van der Waals surface area contributed by atoms with Gasteiger partial charge in [0.15, 0.2) is 0 Å². The van der Waals surface area contributed by atoms with E-state index in [1.807, 2.05) is 30.6 Å². The predicted octanol–water partition coefficient (Wildman–Crippen LogP) is 3.83. The largest absolute Gasteiger partial charge is 0.354 e. The van der Waals surface area contributed by atoms with Gasteiger partial charge in [-0.25, -0.2) is 0 Å². The summed E-state index contributed by atoms with van der Waals surface area (Å²) in [6, 6.07) is 15.9. The van der Waals surface area contributed by atoms with Crippen LogP contribution in [0.25, 0.3) is 0 Å². The maximum absolute atomic E-state index is 13.0. The van der Waals surface area contributed by atoms with Crippen LogP contribution in [-0.2, 0) is 17.6 Å². The topological polar surface area (TPSA) is 66.9 Å². The van der Waals surface area contributed by atoms with E-state index in [1.165, 1.54) is 5.56 Å². The maximum Gasteiger partial charge on any atom is 0.241 e. The van der Waals surface area contributed by atoms with Crippen molar-refractivity contribution in [2.75, 3.05) is 13.1 Å². The number of hydrogen-bond acceptors (Lipinski definition) is 4. The summed E-state index contributed by atoms with van der Waals surface area (Å²) < 4.78 is 0. The molecule has 2 aromatic heterocycles. The fraction of sp³-hybridized carbons (Fsp3) is 0.320. The molecule has 0 saturated heterocycles. The fourth-order valence-electron chi connectivity index (χ4n) is 3.32. The maximum atomic E-state index is 13.0. The van der Waals surface area contributed by atoms with Gasteiger partial charge in [0.2, 0.25) is 5.91 Å². The molecule has 3 aromatic rings. The predicted molar refractivity (Wildman–Crippen MR) is 120 cm³/mol. The second-order valence-electron chi connectivity index (χ2n) is 7.72. The van der Waals surface area contributed by atoms with E-state index in [0.717, 1.165) is 29.5 Å². The Morgan fingerprint density at radius 2 is 1.40 bits per heavy atom. The van der Waals surface area contributed by atoms with E-state index in [4.69, 9.17) is 0 Å². The van der Waals surface area contributed by atoms with E-state index in [2.05, 4.69) is 64.8 Å². The Bertz CT molecular complexity index is 895. The molecule has 3 rings (SSSR count). The zero-order chi connectivity index (χ0) is 21.2. The second-order valence-corrected chi connectivity index (χ2v) is 7.72. The van der Waals surface area contributed by atoms with Gasteiger partial charge in [-0.3, -0.25) is 14.8 Å². The average molecular weight is 403 g/mol. The number of benzene rings is 1. The number of carbonyl (C=O) groups is 1. The minimum absolute atomic E-state index is 0.0117. The van der Waals surface area contributed by atoms with Gasteiger partial charge in [-0.2, -0.15) is 0 Å². The summed E-state index contributed by atoms with van der Waals surface area (Å²) in [5.74, 6) is 0.451. The molecule has 5 nitrogen and oxygen atoms in total. The average Bonchev–Trinajstić information content (AvgIpc) is 2.78. The van der Waals surface area contributed by atoms with Crippen LogP contribution in [0.4, 0.5) is 0 Å². The SMILES string of the molecule is CC(C)c1ccc(C(NCCc2cccnc2)C(=O)NCCc2cccnc2)cc1. The molecule has 0 radical (unpaired) electrons. The van der Waals surface area contributed by atoms with E-state index in [0.29, 0.717) is 19.0 Å². The normalized spacial score (nSPS) is 12.0. The number of hydrogen-bond donors (Lipinski definition) is 2. The Morgan fingerprint density at radius 1 is 0.833 bits per heavy atom. The first-order chi connectivity index (χ1) is 14.6. The van der Waals surface area contributed by atoms with Crippen LogP contribution in [0.15, 0.2) is 73.3 Å². The molecular formula is C25H30N4O. The molecule has 0 aliphatic carbocycles. The molecule has 30 heavy (non-hydrogen) atoms. The van der Waals surface area contributed by atoms with Crippen molar-refractivity contribution in [1.29, 1.82) is 0 Å². The Balaban J connectivity index is 1.63. The molecule has 0 aliphatic heterocycles. The van der Waals surface area contributed by atoms with Gasteiger partial charge < -0.3 is 10.6 Å². The van der Waals surface area contributed by atoms with Crippen LogP contribution in [0.2, 0.25) is 0 Å². The van der Waals surface area contributed by atoms with Crippen LogP contribution < -0.4 is 10.6 Å². The Hall–Kier alpha value is -3.05. The van der Waals surface area contributed by atoms with E-state index in [9.17, 15) is 4.79 Å². The van der Waals surface area contributed by atoms with Crippen LogP contribution in [0.3, 0.4) is 0 Å². The molecule has 0 spiro atoms. The van der Waals surface area contributed by atoms with E-state index < -0.39 is 6.04 Å². The van der Waals surface area contributed by atoms with E-state index in [-0.39, 0.29) is 5.91 Å². The van der Waals surface area contributed by atoms with Gasteiger partial charge in [0.1, 0.15) is 6.04 Å². The summed E-state index contributed by atoms with van der Waals surface area (Å²) in [6.07, 6.45) is 8.80. The summed E-state index contributed by atoms with van der Waals surface area (Å²) in [5, 5.41) is 6.50. The minimum atomic E-state index is -0.392. The highest BCUT2D eigenvalue weighted by atomic mass is 16.2. The summed E-state index contributed by atoms with van der Waals surface area (Å²) in [6.45, 7) is 5.61. The minimum Gasteiger partial charge on any atom is -0.354 e. The van der Waals surface area contributed by atoms with Gasteiger partial charge in [-0.1, -0.05) is 50.2 Å². The zero-order valence-electron chi connectivity index (χ0n) is 17.7. The van der Waals surface area contributed by atoms with Gasteiger partial charge in [0, 0.05) is 37.9 Å². The number of nitrogens with zero attached hydrogens (tertiary/aromatic N) is 2. The lowest BCUT2D eigenvalue weighted by Gasteiger charge is -2.20. The fourth-order valence-corrected chi connectivity index (χ4v) is 3.32. The summed E-state index contributed by atoms with van der Waals surface area (Å²) in [5.41, 5.74) is 4.50. The molecule has 1 unspecified atom stereocenters. The Kier molecular flexibility index (Phi) is 8.10. The van der Waals surface area contributed by atoms with Crippen LogP contribution in [0.1, 0.15) is 48.1 Å². The van der Waals surface area contributed by atoms with Crippen LogP contribution >= 0.6 is 0 Å². The summed E-state index contributed by atoms with van der Waals surface area (Å²) >= 11 is 0. The van der Waals surface area contributed by atoms with Crippen molar-refractivity contribution < 1.29 is 4.79 Å². The first kappa shape index (κ1) is 21.7. The molecule has 1 atom stereocenters. The third-order valence-corrected chi connectivity index (χ3v) is 5.12. The molecule has 156 valence electrons. The molecule has 2 N–H and O–H groups in total. The molecular weight excluding hydrogens is 372 g/mol. The van der Waals surface area contributed by atoms with Gasteiger partial charge in [0.25, 0.3) is 0 Å². The highest BCUT2D eigenvalue weighted by Gasteiger charge is 2.20. The van der Waals surface area contributed by atoms with Gasteiger partial charge in [-0.15, -0.1) is 0 Å². The van der Waals surface area contributed by atoms with Crippen molar-refractivity contribution in [3.05, 3.63) is 95.6 Å². The smallest absolute Gasteiger partial charge is 0.241 e. The highest BCUT2D eigenvalue weighted by molar-refractivity contribution is 5.83. The molecule has 1 amide bonds. The molecule has 0 fully saturated rings. The third kappa shape index (κ3) is 6.49. The third-order valence-electron chi connectivity index (χ3n) is 5.12. The van der Waals surface area contributed by atoms with Crippen molar-refractivity contribution in [3.63, 3.8) is 0 Å². The summed E-state index contributed by atoms with van der Waals surface area (Å²) in [4.78, 5) is 21.3. The zero-order valence-corrected chi connectivity index (χ0v) is 17.7. The number of aromatic nitrogens is 2. The molecule has 0 aliphatic rings. The van der Waals surface area contributed by atoms with Crippen LogP contribution in [-0.4, -0.2) is 29.0 Å². The molecule has 0 saturated carbocycles. The van der Waals surface area contributed by atoms with Gasteiger partial charge in [-0.05, 0) is 53.1 Å². The quantitative estimate of drug-likeness (QED) is 0.541. The highest BCUT2D eigenvalue weighted by Crippen LogP contribution is 2.19. The number of pyridine rings is 2. The van der Waals surface area contributed by atoms with Crippen molar-refractivity contribution in [2.24, 2.45) is 0 Å². The van der Waals surface area contributed by atoms with Crippen molar-refractivity contribution in [1.82, 2.24) is 20.6 Å². The van der Waals surface area contributed by atoms with Gasteiger partial charge >= 0.3 is 0 Å². The Morgan fingerprint density at radius 3 is 1.93 bits per heavy atom. The lowest BCUT2D eigenvalue weighted by Crippen LogP contribution is -2.39. The number of carbonyl (C=O) groups excluding carboxylic acids is 1. The van der Waals surface area contributed by atoms with Crippen molar-refractivity contribution in [3.8, 4) is 0 Å². The first-order valence-electron chi connectivity index (χ1n) is 10.5. The molecule has 2 heterocycles. The molecule has 1 aromatic carbocycles. The van der Waals surface area contributed by atoms with Crippen LogP contribution in [0.5, 0.6) is 0 Å². The van der Waals surface area contributed by atoms with E-state index >= 15 is 0 Å². The van der Waals surface area contributed by atoms with E-state index in [1.54, 1.807) is 12.4 Å². The van der Waals surface area contributed by atoms with Crippen molar-refractivity contribution >= 4 is 5.91 Å². The summed E-state index contributed by atoms with van der Waals surface area (Å²) in [7, 11) is 0. The number of nitrogens with one attached hydrogen (secondary N) is 2. The number of amides is 1. The number of rotatable bonds is 10. The first-order valence-corrected chi connectivity index (χ1v) is 10.5. The second kappa shape index (κ2) is 11.2. The lowest BCUT2D eigenvalue weighted by atomic mass is 9.98. The molecule has 0 bridgehead atoms. The van der Waals surface area contributed by atoms with Gasteiger partial charge in [0.05, 0.1) is 0 Å². The lowest BCUT2D eigenvalue weighted by molar-refractivity contribution is -0.123. The standard InChI is InChI=1S/C25H30N4O/c1-19(2)22-7-9-23(10-8-22)24(28-15-11-20-5-3-13-26-17-20)25(30)29-16-12-21-6-4-14-27-18-21/h3-10,13-14,17-19,24,28H,11-12,15-16H2,1-2H3,(H,29,30).